The normalized spacial score (nSPS) is 14.1. The predicted octanol–water partition coefficient (Wildman–Crippen LogP) is 13.0. The summed E-state index contributed by atoms with van der Waals surface area (Å²) in [6, 6.07) is 43.4. The van der Waals surface area contributed by atoms with Gasteiger partial charge in [-0.15, -0.1) is 0 Å². The largest absolute Gasteiger partial charge is 0.339 e. The lowest BCUT2D eigenvalue weighted by molar-refractivity contribution is 0.799. The van der Waals surface area contributed by atoms with Crippen molar-refractivity contribution in [1.29, 1.82) is 0 Å². The van der Waals surface area contributed by atoms with Gasteiger partial charge in [0.25, 0.3) is 0 Å². The van der Waals surface area contributed by atoms with Crippen LogP contribution in [0.1, 0.15) is 107 Å². The zero-order valence-electron chi connectivity index (χ0n) is 30.6. The zero-order valence-corrected chi connectivity index (χ0v) is 30.6. The molecule has 2 heteroatoms. The second-order valence-electron chi connectivity index (χ2n) is 15.1. The highest BCUT2D eigenvalue weighted by Crippen LogP contribution is 2.47. The first-order chi connectivity index (χ1) is 23.7. The number of benzene rings is 6. The zero-order chi connectivity index (χ0) is 34.4. The van der Waals surface area contributed by atoms with Crippen LogP contribution in [0.4, 0.5) is 11.4 Å². The van der Waals surface area contributed by atoms with E-state index >= 15 is 0 Å². The van der Waals surface area contributed by atoms with Crippen LogP contribution in [0.3, 0.4) is 0 Å². The van der Waals surface area contributed by atoms with E-state index in [1.165, 1.54) is 78.0 Å². The molecule has 0 bridgehead atoms. The predicted molar refractivity (Wildman–Crippen MR) is 213 cm³/mol. The van der Waals surface area contributed by atoms with Crippen LogP contribution in [0.2, 0.25) is 0 Å². The number of nitrogens with zero attached hydrogens (tertiary/aromatic N) is 2. The Labute approximate surface area is 294 Å². The maximum Gasteiger partial charge on any atom is 0.187 e. The highest BCUT2D eigenvalue weighted by atomic mass is 15.4. The third-order valence-electron chi connectivity index (χ3n) is 10.5. The molecule has 49 heavy (non-hydrogen) atoms. The van der Waals surface area contributed by atoms with Gasteiger partial charge < -0.3 is 9.80 Å². The number of fused-ring (bicyclic) bond motifs is 2. The molecule has 0 aromatic heterocycles. The lowest BCUT2D eigenvalue weighted by Gasteiger charge is -2.37. The number of para-hydroxylation sites is 2. The average molecular weight is 644 g/mol. The molecule has 0 amide bonds. The number of hydrogen-bond donors (Lipinski definition) is 0. The standard InChI is InChI=1S/C47H51N2/c1-30(2)38-19-13-20-39(31(3)4)45(38)48-27-28-49(46-40(32(5)6)21-14-22-41(46)33(7)8)47(48)35-25-23-34(24-26-35)44-42-17-11-9-15-36(42)29-37-16-10-12-18-43(37)44/h9-26,29-33H,27-28H2,1-8H3. The summed E-state index contributed by atoms with van der Waals surface area (Å²) < 4.78 is 0. The Morgan fingerprint density at radius 1 is 0.408 bits per heavy atom. The van der Waals surface area contributed by atoms with E-state index in [0.29, 0.717) is 23.7 Å². The molecule has 6 aromatic rings. The van der Waals surface area contributed by atoms with Gasteiger partial charge in [-0.2, -0.15) is 0 Å². The highest BCUT2D eigenvalue weighted by Gasteiger charge is 2.40. The maximum absolute atomic E-state index is 2.66. The average Bonchev–Trinajstić information content (AvgIpc) is 3.54. The van der Waals surface area contributed by atoms with E-state index in [0.717, 1.165) is 13.1 Å². The second-order valence-corrected chi connectivity index (χ2v) is 15.1. The quantitative estimate of drug-likeness (QED) is 0.152. The van der Waals surface area contributed by atoms with Crippen LogP contribution in [-0.4, -0.2) is 13.1 Å². The minimum atomic E-state index is 0.417. The first-order valence-electron chi connectivity index (χ1n) is 18.3. The van der Waals surface area contributed by atoms with Crippen LogP contribution in [-0.2, 0) is 0 Å². The van der Waals surface area contributed by atoms with Crippen LogP contribution in [0.25, 0.3) is 32.7 Å². The Bertz CT molecular complexity index is 1920. The van der Waals surface area contributed by atoms with E-state index < -0.39 is 0 Å². The Kier molecular flexibility index (Phi) is 9.01. The topological polar surface area (TPSA) is 6.48 Å². The highest BCUT2D eigenvalue weighted by molar-refractivity contribution is 6.12. The van der Waals surface area contributed by atoms with Crippen molar-refractivity contribution in [3.63, 3.8) is 0 Å². The molecule has 1 fully saturated rings. The maximum atomic E-state index is 2.66. The fraction of sp³-hybridized carbons (Fsp3) is 0.298. The van der Waals surface area contributed by atoms with E-state index in [9.17, 15) is 0 Å². The number of rotatable bonds is 8. The summed E-state index contributed by atoms with van der Waals surface area (Å²) >= 11 is 0. The summed E-state index contributed by atoms with van der Waals surface area (Å²) in [5.74, 6) is 1.67. The fourth-order valence-electron chi connectivity index (χ4n) is 8.06. The fourth-order valence-corrected chi connectivity index (χ4v) is 8.06. The molecule has 0 spiro atoms. The summed E-state index contributed by atoms with van der Waals surface area (Å²) in [7, 11) is 0. The third-order valence-corrected chi connectivity index (χ3v) is 10.5. The van der Waals surface area contributed by atoms with Gasteiger partial charge in [-0.25, -0.2) is 0 Å². The van der Waals surface area contributed by atoms with Crippen molar-refractivity contribution >= 4 is 32.9 Å². The molecule has 1 aliphatic rings. The third kappa shape index (κ3) is 5.90. The van der Waals surface area contributed by atoms with Gasteiger partial charge in [-0.1, -0.05) is 165 Å². The molecule has 7 rings (SSSR count). The van der Waals surface area contributed by atoms with Gasteiger partial charge in [-0.05, 0) is 84.7 Å². The summed E-state index contributed by atoms with van der Waals surface area (Å²) in [4.78, 5) is 5.32. The van der Waals surface area contributed by atoms with Crippen molar-refractivity contribution in [3.05, 3.63) is 149 Å². The summed E-state index contributed by atoms with van der Waals surface area (Å²) in [6.07, 6.45) is 1.29. The number of hydrogen-bond acceptors (Lipinski definition) is 2. The van der Waals surface area contributed by atoms with E-state index in [1.54, 1.807) is 0 Å². The summed E-state index contributed by atoms with van der Waals surface area (Å²) in [5.41, 5.74) is 12.3. The molecule has 1 radical (unpaired) electrons. The SMILES string of the molecule is CC(C)c1cccc(C(C)C)c1N1CCN(c2c(C(C)C)cccc2C(C)C)[C]1c1ccc(-c2c3ccccc3cc3ccccc23)cc1. The van der Waals surface area contributed by atoms with Crippen molar-refractivity contribution in [3.8, 4) is 11.1 Å². The molecular weight excluding hydrogens is 593 g/mol. The molecule has 0 atom stereocenters. The Morgan fingerprint density at radius 2 is 0.776 bits per heavy atom. The molecule has 1 saturated heterocycles. The Hall–Kier alpha value is -4.56. The lowest BCUT2D eigenvalue weighted by Crippen LogP contribution is -2.34. The van der Waals surface area contributed by atoms with Gasteiger partial charge in [0.05, 0.1) is 0 Å². The van der Waals surface area contributed by atoms with Gasteiger partial charge in [0.2, 0.25) is 0 Å². The molecule has 0 N–H and O–H groups in total. The smallest absolute Gasteiger partial charge is 0.187 e. The van der Waals surface area contributed by atoms with E-state index in [4.69, 9.17) is 0 Å². The lowest BCUT2D eigenvalue weighted by atomic mass is 9.90. The van der Waals surface area contributed by atoms with Crippen molar-refractivity contribution in [2.24, 2.45) is 0 Å². The van der Waals surface area contributed by atoms with Crippen molar-refractivity contribution in [1.82, 2.24) is 0 Å². The monoisotopic (exact) mass is 643 g/mol. The number of anilines is 2. The van der Waals surface area contributed by atoms with Gasteiger partial charge in [0, 0.05) is 30.0 Å². The molecule has 0 unspecified atom stereocenters. The molecule has 1 aliphatic heterocycles. The first kappa shape index (κ1) is 33.0. The van der Waals surface area contributed by atoms with Gasteiger partial charge in [-0.3, -0.25) is 0 Å². The molecule has 6 aromatic carbocycles. The van der Waals surface area contributed by atoms with E-state index in [-0.39, 0.29) is 0 Å². The molecular formula is C47H51N2. The molecule has 2 nitrogen and oxygen atoms in total. The van der Waals surface area contributed by atoms with Gasteiger partial charge >= 0.3 is 0 Å². The minimum absolute atomic E-state index is 0.417. The first-order valence-corrected chi connectivity index (χ1v) is 18.3. The van der Waals surface area contributed by atoms with Crippen LogP contribution in [0.15, 0.2) is 115 Å². The van der Waals surface area contributed by atoms with Crippen molar-refractivity contribution < 1.29 is 0 Å². The summed E-state index contributed by atoms with van der Waals surface area (Å²) in [6.45, 7) is 20.6. The summed E-state index contributed by atoms with van der Waals surface area (Å²) in [5, 5.41) is 5.15. The van der Waals surface area contributed by atoms with Crippen molar-refractivity contribution in [2.45, 2.75) is 79.1 Å². The van der Waals surface area contributed by atoms with Gasteiger partial charge in [0.15, 0.2) is 6.17 Å². The van der Waals surface area contributed by atoms with E-state index in [1.807, 2.05) is 0 Å². The van der Waals surface area contributed by atoms with Crippen molar-refractivity contribution in [2.75, 3.05) is 22.9 Å². The van der Waals surface area contributed by atoms with Crippen LogP contribution >= 0.6 is 0 Å². The Balaban J connectivity index is 1.44. The molecule has 249 valence electrons. The molecule has 1 heterocycles. The molecule has 0 aliphatic carbocycles. The van der Waals surface area contributed by atoms with Crippen LogP contribution in [0, 0.1) is 6.17 Å². The molecule has 0 saturated carbocycles. The van der Waals surface area contributed by atoms with E-state index in [2.05, 4.69) is 180 Å². The minimum Gasteiger partial charge on any atom is -0.339 e. The van der Waals surface area contributed by atoms with Crippen LogP contribution in [0.5, 0.6) is 0 Å². The van der Waals surface area contributed by atoms with Gasteiger partial charge in [0.1, 0.15) is 0 Å². The Morgan fingerprint density at radius 3 is 1.16 bits per heavy atom. The second kappa shape index (κ2) is 13.4. The van der Waals surface area contributed by atoms with Crippen LogP contribution < -0.4 is 9.80 Å².